The molecule has 0 heterocycles. The average Bonchev–Trinajstić information content (AvgIpc) is 2.48. The van der Waals surface area contributed by atoms with Crippen LogP contribution >= 0.6 is 0 Å². The first kappa shape index (κ1) is 15.0. The summed E-state index contributed by atoms with van der Waals surface area (Å²) in [4.78, 5) is 2.13. The highest BCUT2D eigenvalue weighted by atomic mass is 16.5. The van der Waals surface area contributed by atoms with Gasteiger partial charge in [-0.3, -0.25) is 0 Å². The van der Waals surface area contributed by atoms with Crippen molar-refractivity contribution in [1.29, 1.82) is 0 Å². The predicted molar refractivity (Wildman–Crippen MR) is 87.2 cm³/mol. The Morgan fingerprint density at radius 3 is 2.33 bits per heavy atom. The lowest BCUT2D eigenvalue weighted by atomic mass is 10.2. The van der Waals surface area contributed by atoms with Gasteiger partial charge in [0.2, 0.25) is 0 Å². The summed E-state index contributed by atoms with van der Waals surface area (Å²) < 4.78 is 11.2. The first-order chi connectivity index (χ1) is 10.2. The molecule has 0 amide bonds. The molecule has 0 atom stereocenters. The SMILES string of the molecule is CCOc1cccc(OCCN(C)c2ccc(N)cc2)c1. The number of rotatable bonds is 7. The molecule has 0 aliphatic rings. The zero-order valence-electron chi connectivity index (χ0n) is 12.6. The molecule has 0 bridgehead atoms. The molecule has 2 aromatic rings. The van der Waals surface area contributed by atoms with E-state index < -0.39 is 0 Å². The van der Waals surface area contributed by atoms with Crippen LogP contribution < -0.4 is 20.1 Å². The molecule has 0 saturated carbocycles. The Hall–Kier alpha value is -2.36. The summed E-state index contributed by atoms with van der Waals surface area (Å²) in [6.45, 7) is 4.03. The quantitative estimate of drug-likeness (QED) is 0.794. The normalized spacial score (nSPS) is 10.2. The van der Waals surface area contributed by atoms with E-state index in [9.17, 15) is 0 Å². The number of anilines is 2. The van der Waals surface area contributed by atoms with Crippen LogP contribution in [0.3, 0.4) is 0 Å². The fourth-order valence-corrected chi connectivity index (χ4v) is 1.98. The molecule has 112 valence electrons. The minimum absolute atomic E-state index is 0.608. The molecule has 2 rings (SSSR count). The Kier molecular flexibility index (Phi) is 5.32. The van der Waals surface area contributed by atoms with Gasteiger partial charge in [-0.15, -0.1) is 0 Å². The smallest absolute Gasteiger partial charge is 0.123 e. The Morgan fingerprint density at radius 2 is 1.67 bits per heavy atom. The Labute approximate surface area is 126 Å². The lowest BCUT2D eigenvalue weighted by Gasteiger charge is -2.19. The van der Waals surface area contributed by atoms with E-state index in [1.165, 1.54) is 0 Å². The number of nitrogens with zero attached hydrogens (tertiary/aromatic N) is 1. The molecule has 4 nitrogen and oxygen atoms in total. The van der Waals surface area contributed by atoms with E-state index in [4.69, 9.17) is 15.2 Å². The van der Waals surface area contributed by atoms with Crippen molar-refractivity contribution in [2.75, 3.05) is 37.4 Å². The number of ether oxygens (including phenoxy) is 2. The van der Waals surface area contributed by atoms with Gasteiger partial charge in [-0.25, -0.2) is 0 Å². The van der Waals surface area contributed by atoms with Gasteiger partial charge in [0.05, 0.1) is 13.2 Å². The van der Waals surface area contributed by atoms with E-state index in [1.807, 2.05) is 62.5 Å². The zero-order valence-corrected chi connectivity index (χ0v) is 12.6. The van der Waals surface area contributed by atoms with Gasteiger partial charge in [0.15, 0.2) is 0 Å². The summed E-state index contributed by atoms with van der Waals surface area (Å²) in [6.07, 6.45) is 0. The van der Waals surface area contributed by atoms with Gasteiger partial charge in [-0.05, 0) is 43.3 Å². The molecule has 2 aromatic carbocycles. The fraction of sp³-hybridized carbons (Fsp3) is 0.294. The van der Waals surface area contributed by atoms with E-state index in [1.54, 1.807) is 0 Å². The number of likely N-dealkylation sites (N-methyl/N-ethyl adjacent to an activating group) is 1. The summed E-state index contributed by atoms with van der Waals surface area (Å²) in [5, 5.41) is 0. The van der Waals surface area contributed by atoms with Crippen molar-refractivity contribution in [3.8, 4) is 11.5 Å². The van der Waals surface area contributed by atoms with Crippen molar-refractivity contribution in [3.05, 3.63) is 48.5 Å². The monoisotopic (exact) mass is 286 g/mol. The van der Waals surface area contributed by atoms with Crippen LogP contribution in [0.25, 0.3) is 0 Å². The van der Waals surface area contributed by atoms with Crippen LogP contribution in [0.5, 0.6) is 11.5 Å². The molecular weight excluding hydrogens is 264 g/mol. The largest absolute Gasteiger partial charge is 0.494 e. The summed E-state index contributed by atoms with van der Waals surface area (Å²) >= 11 is 0. The third kappa shape index (κ3) is 4.60. The lowest BCUT2D eigenvalue weighted by molar-refractivity contribution is 0.315. The molecular formula is C17H22N2O2. The molecule has 21 heavy (non-hydrogen) atoms. The second-order valence-corrected chi connectivity index (χ2v) is 4.77. The van der Waals surface area contributed by atoms with Gasteiger partial charge in [0.1, 0.15) is 18.1 Å². The molecule has 0 aliphatic heterocycles. The number of benzene rings is 2. The van der Waals surface area contributed by atoms with Crippen LogP contribution in [0.2, 0.25) is 0 Å². The van der Waals surface area contributed by atoms with Gasteiger partial charge in [0, 0.05) is 24.5 Å². The first-order valence-corrected chi connectivity index (χ1v) is 7.11. The van der Waals surface area contributed by atoms with Crippen LogP contribution in [0.4, 0.5) is 11.4 Å². The fourth-order valence-electron chi connectivity index (χ4n) is 1.98. The van der Waals surface area contributed by atoms with E-state index in [-0.39, 0.29) is 0 Å². The van der Waals surface area contributed by atoms with Crippen LogP contribution in [-0.4, -0.2) is 26.8 Å². The number of hydrogen-bond acceptors (Lipinski definition) is 4. The number of nitrogen functional groups attached to an aromatic ring is 1. The third-order valence-corrected chi connectivity index (χ3v) is 3.15. The minimum atomic E-state index is 0.608. The molecule has 0 fully saturated rings. The first-order valence-electron chi connectivity index (χ1n) is 7.11. The van der Waals surface area contributed by atoms with Crippen molar-refractivity contribution in [2.45, 2.75) is 6.92 Å². The van der Waals surface area contributed by atoms with Crippen LogP contribution in [0, 0.1) is 0 Å². The van der Waals surface area contributed by atoms with E-state index in [0.29, 0.717) is 13.2 Å². The highest BCUT2D eigenvalue weighted by Gasteiger charge is 2.02. The van der Waals surface area contributed by atoms with Crippen LogP contribution in [0.1, 0.15) is 6.92 Å². The van der Waals surface area contributed by atoms with Gasteiger partial charge >= 0.3 is 0 Å². The van der Waals surface area contributed by atoms with E-state index >= 15 is 0 Å². The molecule has 0 radical (unpaired) electrons. The maximum absolute atomic E-state index is 5.76. The van der Waals surface area contributed by atoms with Crippen LogP contribution in [0.15, 0.2) is 48.5 Å². The van der Waals surface area contributed by atoms with E-state index in [2.05, 4.69) is 4.90 Å². The van der Waals surface area contributed by atoms with Crippen molar-refractivity contribution in [1.82, 2.24) is 0 Å². The molecule has 2 N–H and O–H groups in total. The Balaban J connectivity index is 1.83. The molecule has 0 saturated heterocycles. The van der Waals surface area contributed by atoms with Crippen LogP contribution in [-0.2, 0) is 0 Å². The van der Waals surface area contributed by atoms with Gasteiger partial charge < -0.3 is 20.1 Å². The number of hydrogen-bond donors (Lipinski definition) is 1. The molecule has 0 aliphatic carbocycles. The summed E-state index contributed by atoms with van der Waals surface area (Å²) in [5.41, 5.74) is 7.58. The molecule has 0 spiro atoms. The van der Waals surface area contributed by atoms with Crippen molar-refractivity contribution < 1.29 is 9.47 Å². The maximum atomic E-state index is 5.76. The maximum Gasteiger partial charge on any atom is 0.123 e. The molecule has 0 unspecified atom stereocenters. The van der Waals surface area contributed by atoms with Crippen molar-refractivity contribution >= 4 is 11.4 Å². The minimum Gasteiger partial charge on any atom is -0.494 e. The highest BCUT2D eigenvalue weighted by molar-refractivity contribution is 5.52. The van der Waals surface area contributed by atoms with Gasteiger partial charge in [-0.2, -0.15) is 0 Å². The second kappa shape index (κ2) is 7.43. The highest BCUT2D eigenvalue weighted by Crippen LogP contribution is 2.19. The standard InChI is InChI=1S/C17H22N2O2/c1-3-20-16-5-4-6-17(13-16)21-12-11-19(2)15-9-7-14(18)8-10-15/h4-10,13H,3,11-12,18H2,1-2H3. The van der Waals surface area contributed by atoms with E-state index in [0.717, 1.165) is 29.4 Å². The second-order valence-electron chi connectivity index (χ2n) is 4.77. The lowest BCUT2D eigenvalue weighted by Crippen LogP contribution is -2.23. The van der Waals surface area contributed by atoms with Crippen molar-refractivity contribution in [2.24, 2.45) is 0 Å². The summed E-state index contributed by atoms with van der Waals surface area (Å²) in [6, 6.07) is 15.5. The van der Waals surface area contributed by atoms with Gasteiger partial charge in [-0.1, -0.05) is 6.07 Å². The predicted octanol–water partition coefficient (Wildman–Crippen LogP) is 3.18. The molecule has 0 aromatic heterocycles. The van der Waals surface area contributed by atoms with Gasteiger partial charge in [0.25, 0.3) is 0 Å². The van der Waals surface area contributed by atoms with Crippen molar-refractivity contribution in [3.63, 3.8) is 0 Å². The Bertz CT molecular complexity index is 555. The topological polar surface area (TPSA) is 47.7 Å². The Morgan fingerprint density at radius 1 is 1.00 bits per heavy atom. The summed E-state index contributed by atoms with van der Waals surface area (Å²) in [5.74, 6) is 1.66. The summed E-state index contributed by atoms with van der Waals surface area (Å²) in [7, 11) is 2.03. The zero-order chi connectivity index (χ0) is 15.1. The molecule has 4 heteroatoms. The average molecular weight is 286 g/mol. The number of nitrogens with two attached hydrogens (primary N) is 1. The third-order valence-electron chi connectivity index (χ3n) is 3.15.